The maximum atomic E-state index is 12.0. The highest BCUT2D eigenvalue weighted by Crippen LogP contribution is 2.55. The molecule has 2 aliphatic rings. The summed E-state index contributed by atoms with van der Waals surface area (Å²) >= 11 is 0. The minimum Gasteiger partial charge on any atom is -0.415 e. The molecule has 0 radical (unpaired) electrons. The van der Waals surface area contributed by atoms with Crippen molar-refractivity contribution in [2.24, 2.45) is 11.1 Å². The molecule has 1 saturated carbocycles. The van der Waals surface area contributed by atoms with Gasteiger partial charge in [0.1, 0.15) is 0 Å². The third-order valence-corrected chi connectivity index (χ3v) is 10.2. The number of hydrogen-bond donors (Lipinski definition) is 2. The molecule has 0 aromatic heterocycles. The molecular formula is C18H32N2O3Si. The van der Waals surface area contributed by atoms with Crippen molar-refractivity contribution in [1.82, 2.24) is 5.32 Å². The maximum absolute atomic E-state index is 12.0. The molecule has 2 unspecified atom stereocenters. The van der Waals surface area contributed by atoms with Crippen molar-refractivity contribution in [2.75, 3.05) is 19.8 Å². The van der Waals surface area contributed by atoms with Gasteiger partial charge in [-0.05, 0) is 24.6 Å². The van der Waals surface area contributed by atoms with Crippen molar-refractivity contribution < 1.29 is 14.0 Å². The molecule has 1 aliphatic heterocycles. The third kappa shape index (κ3) is 3.82. The number of primary amides is 1. The number of carbonyl (C=O) groups is 1. The van der Waals surface area contributed by atoms with Crippen LogP contribution in [-0.2, 0) is 14.0 Å². The molecule has 3 N–H and O–H groups in total. The fraction of sp³-hybridized carbons (Fsp3) is 0.722. The van der Waals surface area contributed by atoms with E-state index in [1.54, 1.807) is 6.08 Å². The standard InChI is InChI=1S/C18H32N2O3Si/c1-7-8-22-15-10-18(15)12-20-13(9-14(18)16(19)21)11-23-24(5,6)17(2,3)4/h7,9,13,15,20H,1,8,10-12H2,2-6H3,(H2,19,21)/t13-,15?,18?/m0/s1. The minimum absolute atomic E-state index is 0.0212. The molecule has 0 aromatic rings. The molecule has 1 fully saturated rings. The second-order valence-corrected chi connectivity index (χ2v) is 13.3. The van der Waals surface area contributed by atoms with Gasteiger partial charge >= 0.3 is 0 Å². The highest BCUT2D eigenvalue weighted by Gasteiger charge is 2.60. The van der Waals surface area contributed by atoms with Gasteiger partial charge in [0.25, 0.3) is 0 Å². The summed E-state index contributed by atoms with van der Waals surface area (Å²) in [5.74, 6) is -0.349. The lowest BCUT2D eigenvalue weighted by Gasteiger charge is -2.38. The van der Waals surface area contributed by atoms with Crippen LogP contribution in [0.25, 0.3) is 0 Å². The second-order valence-electron chi connectivity index (χ2n) is 8.47. The van der Waals surface area contributed by atoms with Crippen LogP contribution in [0.15, 0.2) is 24.3 Å². The average Bonchev–Trinajstić information content (AvgIpc) is 3.16. The zero-order valence-electron chi connectivity index (χ0n) is 15.6. The van der Waals surface area contributed by atoms with Crippen molar-refractivity contribution in [3.05, 3.63) is 24.3 Å². The lowest BCUT2D eigenvalue weighted by molar-refractivity contribution is -0.115. The molecular weight excluding hydrogens is 320 g/mol. The lowest BCUT2D eigenvalue weighted by atomic mass is 9.89. The second kappa shape index (κ2) is 6.75. The average molecular weight is 353 g/mol. The predicted molar refractivity (Wildman–Crippen MR) is 99.2 cm³/mol. The molecule has 136 valence electrons. The summed E-state index contributed by atoms with van der Waals surface area (Å²) in [6, 6.07) is 0.0212. The van der Waals surface area contributed by atoms with Gasteiger partial charge in [-0.3, -0.25) is 4.79 Å². The lowest BCUT2D eigenvalue weighted by Crippen LogP contribution is -2.49. The SMILES string of the molecule is C=CCOC1CC12CN[C@H](CO[Si](C)(C)C(C)(C)C)C=C2C(N)=O. The van der Waals surface area contributed by atoms with Crippen LogP contribution in [0, 0.1) is 5.41 Å². The fourth-order valence-corrected chi connectivity index (χ4v) is 3.96. The molecule has 1 spiro atoms. The molecule has 0 bridgehead atoms. The summed E-state index contributed by atoms with van der Waals surface area (Å²) in [7, 11) is -1.81. The van der Waals surface area contributed by atoms with Crippen LogP contribution in [0.5, 0.6) is 0 Å². The summed E-state index contributed by atoms with van der Waals surface area (Å²) in [6.45, 7) is 16.6. The van der Waals surface area contributed by atoms with Gasteiger partial charge < -0.3 is 20.2 Å². The molecule has 2 rings (SSSR count). The van der Waals surface area contributed by atoms with Gasteiger partial charge in [0.2, 0.25) is 5.91 Å². The first kappa shape index (κ1) is 19.4. The van der Waals surface area contributed by atoms with Crippen LogP contribution in [0.4, 0.5) is 0 Å². The number of amides is 1. The van der Waals surface area contributed by atoms with Crippen molar-refractivity contribution in [3.63, 3.8) is 0 Å². The van der Waals surface area contributed by atoms with Gasteiger partial charge in [-0.2, -0.15) is 0 Å². The van der Waals surface area contributed by atoms with Crippen molar-refractivity contribution in [2.45, 2.75) is 57.5 Å². The number of nitrogens with one attached hydrogen (secondary N) is 1. The van der Waals surface area contributed by atoms with Gasteiger partial charge in [0.05, 0.1) is 19.3 Å². The normalized spacial score (nSPS) is 30.1. The van der Waals surface area contributed by atoms with Crippen LogP contribution >= 0.6 is 0 Å². The van der Waals surface area contributed by atoms with E-state index < -0.39 is 8.32 Å². The Morgan fingerprint density at radius 1 is 1.54 bits per heavy atom. The Bertz CT molecular complexity index is 539. The van der Waals surface area contributed by atoms with E-state index in [9.17, 15) is 4.79 Å². The number of ether oxygens (including phenoxy) is 1. The van der Waals surface area contributed by atoms with E-state index in [-0.39, 0.29) is 28.5 Å². The van der Waals surface area contributed by atoms with Crippen molar-refractivity contribution in [3.8, 4) is 0 Å². The van der Waals surface area contributed by atoms with Crippen LogP contribution in [0.3, 0.4) is 0 Å². The van der Waals surface area contributed by atoms with Gasteiger partial charge in [-0.25, -0.2) is 0 Å². The molecule has 0 aromatic carbocycles. The van der Waals surface area contributed by atoms with Gasteiger partial charge in [-0.15, -0.1) is 6.58 Å². The third-order valence-electron chi connectivity index (χ3n) is 5.70. The molecule has 1 amide bonds. The molecule has 6 heteroatoms. The molecule has 1 heterocycles. The zero-order valence-corrected chi connectivity index (χ0v) is 16.6. The predicted octanol–water partition coefficient (Wildman–Crippen LogP) is 2.35. The monoisotopic (exact) mass is 352 g/mol. The van der Waals surface area contributed by atoms with E-state index >= 15 is 0 Å². The van der Waals surface area contributed by atoms with Gasteiger partial charge in [0.15, 0.2) is 8.32 Å². The Labute approximate surface area is 146 Å². The van der Waals surface area contributed by atoms with Gasteiger partial charge in [-0.1, -0.05) is 32.9 Å². The Morgan fingerprint density at radius 2 is 2.21 bits per heavy atom. The van der Waals surface area contributed by atoms with E-state index in [0.29, 0.717) is 25.3 Å². The van der Waals surface area contributed by atoms with Gasteiger partial charge in [0, 0.05) is 23.6 Å². The Balaban J connectivity index is 2.04. The topological polar surface area (TPSA) is 73.6 Å². The summed E-state index contributed by atoms with van der Waals surface area (Å²) in [5, 5.41) is 3.66. The molecule has 24 heavy (non-hydrogen) atoms. The first-order chi connectivity index (χ1) is 11.0. The maximum Gasteiger partial charge on any atom is 0.245 e. The summed E-state index contributed by atoms with van der Waals surface area (Å²) in [5.41, 5.74) is 6.08. The smallest absolute Gasteiger partial charge is 0.245 e. The Hall–Kier alpha value is -0.953. The van der Waals surface area contributed by atoms with Crippen molar-refractivity contribution >= 4 is 14.2 Å². The highest BCUT2D eigenvalue weighted by molar-refractivity contribution is 6.74. The number of nitrogens with two attached hydrogens (primary N) is 1. The van der Waals surface area contributed by atoms with Crippen molar-refractivity contribution in [1.29, 1.82) is 0 Å². The largest absolute Gasteiger partial charge is 0.415 e. The summed E-state index contributed by atoms with van der Waals surface area (Å²) in [4.78, 5) is 12.0. The van der Waals surface area contributed by atoms with Crippen LogP contribution in [-0.4, -0.2) is 46.1 Å². The van der Waals surface area contributed by atoms with Crippen LogP contribution in [0.2, 0.25) is 18.1 Å². The quantitative estimate of drug-likeness (QED) is 0.545. The summed E-state index contributed by atoms with van der Waals surface area (Å²) < 4.78 is 12.0. The van der Waals surface area contributed by atoms with Crippen LogP contribution < -0.4 is 11.1 Å². The number of hydrogen-bond acceptors (Lipinski definition) is 4. The molecule has 0 saturated heterocycles. The fourth-order valence-electron chi connectivity index (χ4n) is 2.93. The Morgan fingerprint density at radius 3 is 2.75 bits per heavy atom. The van der Waals surface area contributed by atoms with Crippen LogP contribution in [0.1, 0.15) is 27.2 Å². The van der Waals surface area contributed by atoms with E-state index in [0.717, 1.165) is 6.42 Å². The van der Waals surface area contributed by atoms with E-state index in [1.807, 2.05) is 6.08 Å². The Kier molecular flexibility index (Phi) is 5.45. The minimum atomic E-state index is -1.81. The molecule has 5 nitrogen and oxygen atoms in total. The first-order valence-electron chi connectivity index (χ1n) is 8.65. The zero-order chi connectivity index (χ0) is 18.2. The van der Waals surface area contributed by atoms with E-state index in [4.69, 9.17) is 14.9 Å². The highest BCUT2D eigenvalue weighted by atomic mass is 28.4. The molecule has 3 atom stereocenters. The number of carbonyl (C=O) groups excluding carboxylic acids is 1. The molecule has 1 aliphatic carbocycles. The van der Waals surface area contributed by atoms with E-state index in [1.165, 1.54) is 0 Å². The van der Waals surface area contributed by atoms with E-state index in [2.05, 4.69) is 45.8 Å². The summed E-state index contributed by atoms with van der Waals surface area (Å²) in [6.07, 6.45) is 4.56. The first-order valence-corrected chi connectivity index (χ1v) is 11.6. The number of rotatable bonds is 7.